The molecule has 0 aliphatic heterocycles. The molecule has 1 rings (SSSR count). The highest BCUT2D eigenvalue weighted by Gasteiger charge is 2.32. The first-order chi connectivity index (χ1) is 7.83. The minimum atomic E-state index is 0.000561. The van der Waals surface area contributed by atoms with E-state index in [0.29, 0.717) is 12.5 Å². The average molecular weight is 240 g/mol. The third-order valence-electron chi connectivity index (χ3n) is 3.08. The van der Waals surface area contributed by atoms with Crippen molar-refractivity contribution in [1.82, 2.24) is 4.90 Å². The number of amides is 1. The fourth-order valence-corrected chi connectivity index (χ4v) is 2.34. The predicted octanol–water partition coefficient (Wildman–Crippen LogP) is 2.54. The second-order valence-corrected chi connectivity index (χ2v) is 6.55. The van der Waals surface area contributed by atoms with Gasteiger partial charge in [0.25, 0.3) is 0 Å². The lowest BCUT2D eigenvalue weighted by molar-refractivity contribution is -0.132. The molecular formula is C14H28N2O. The molecule has 1 atom stereocenters. The first-order valence-electron chi connectivity index (χ1n) is 6.88. The zero-order chi connectivity index (χ0) is 13.1. The van der Waals surface area contributed by atoms with Crippen molar-refractivity contribution in [3.8, 4) is 0 Å². The van der Waals surface area contributed by atoms with Crippen LogP contribution in [0.4, 0.5) is 0 Å². The third-order valence-corrected chi connectivity index (χ3v) is 3.08. The van der Waals surface area contributed by atoms with E-state index in [-0.39, 0.29) is 17.4 Å². The van der Waals surface area contributed by atoms with Gasteiger partial charge in [0.05, 0.1) is 0 Å². The molecule has 0 saturated heterocycles. The number of hydrogen-bond acceptors (Lipinski definition) is 2. The third kappa shape index (κ3) is 5.53. The largest absolute Gasteiger partial charge is 0.340 e. The van der Waals surface area contributed by atoms with E-state index in [4.69, 9.17) is 5.73 Å². The van der Waals surface area contributed by atoms with Crippen LogP contribution >= 0.6 is 0 Å². The average Bonchev–Trinajstić information content (AvgIpc) is 2.93. The van der Waals surface area contributed by atoms with Crippen molar-refractivity contribution in [3.05, 3.63) is 0 Å². The van der Waals surface area contributed by atoms with Crippen LogP contribution in [0.25, 0.3) is 0 Å². The summed E-state index contributed by atoms with van der Waals surface area (Å²) >= 11 is 0. The van der Waals surface area contributed by atoms with E-state index in [0.717, 1.165) is 19.4 Å². The van der Waals surface area contributed by atoms with Gasteiger partial charge >= 0.3 is 0 Å². The molecule has 0 aromatic carbocycles. The Bertz CT molecular complexity index is 253. The smallest absolute Gasteiger partial charge is 0.224 e. The Kier molecular flexibility index (Phi) is 4.99. The maximum atomic E-state index is 12.2. The van der Waals surface area contributed by atoms with Crippen LogP contribution in [0, 0.1) is 5.41 Å². The van der Waals surface area contributed by atoms with E-state index in [9.17, 15) is 4.79 Å². The Morgan fingerprint density at radius 1 is 1.41 bits per heavy atom. The van der Waals surface area contributed by atoms with Crippen molar-refractivity contribution < 1.29 is 4.79 Å². The summed E-state index contributed by atoms with van der Waals surface area (Å²) in [5.74, 6) is 0.256. The highest BCUT2D eigenvalue weighted by molar-refractivity contribution is 5.77. The molecule has 0 heterocycles. The van der Waals surface area contributed by atoms with Gasteiger partial charge in [0.2, 0.25) is 5.91 Å². The second-order valence-electron chi connectivity index (χ2n) is 6.55. The quantitative estimate of drug-likeness (QED) is 0.775. The molecule has 100 valence electrons. The molecule has 1 aliphatic rings. The van der Waals surface area contributed by atoms with Crippen LogP contribution in [0.1, 0.15) is 59.8 Å². The fourth-order valence-electron chi connectivity index (χ4n) is 2.34. The molecule has 3 nitrogen and oxygen atoms in total. The number of nitrogens with zero attached hydrogens (tertiary/aromatic N) is 1. The molecule has 1 amide bonds. The molecule has 0 aromatic rings. The highest BCUT2D eigenvalue weighted by atomic mass is 16.2. The minimum absolute atomic E-state index is 0.000561. The minimum Gasteiger partial charge on any atom is -0.340 e. The summed E-state index contributed by atoms with van der Waals surface area (Å²) in [4.78, 5) is 14.2. The molecule has 17 heavy (non-hydrogen) atoms. The summed E-state index contributed by atoms with van der Waals surface area (Å²) < 4.78 is 0. The first-order valence-corrected chi connectivity index (χ1v) is 6.88. The lowest BCUT2D eigenvalue weighted by Gasteiger charge is -2.26. The fraction of sp³-hybridized carbons (Fsp3) is 0.929. The maximum absolute atomic E-state index is 12.2. The maximum Gasteiger partial charge on any atom is 0.224 e. The zero-order valence-corrected chi connectivity index (χ0v) is 11.8. The van der Waals surface area contributed by atoms with Crippen LogP contribution in [0.5, 0.6) is 0 Å². The lowest BCUT2D eigenvalue weighted by Crippen LogP contribution is -2.39. The molecular weight excluding hydrogens is 212 g/mol. The van der Waals surface area contributed by atoms with Crippen LogP contribution in [0.15, 0.2) is 0 Å². The number of carbonyl (C=O) groups excluding carboxylic acids is 1. The van der Waals surface area contributed by atoms with Gasteiger partial charge in [-0.25, -0.2) is 0 Å². The second kappa shape index (κ2) is 5.85. The summed E-state index contributed by atoms with van der Waals surface area (Å²) in [7, 11) is 0. The summed E-state index contributed by atoms with van der Waals surface area (Å²) in [5, 5.41) is 0. The van der Waals surface area contributed by atoms with Crippen LogP contribution in [-0.4, -0.2) is 29.4 Å². The van der Waals surface area contributed by atoms with Gasteiger partial charge in [-0.05, 0) is 31.1 Å². The molecule has 1 fully saturated rings. The van der Waals surface area contributed by atoms with Gasteiger partial charge in [0, 0.05) is 25.0 Å². The molecule has 1 aliphatic carbocycles. The number of carbonyl (C=O) groups is 1. The Balaban J connectivity index is 2.40. The first kappa shape index (κ1) is 14.5. The Morgan fingerprint density at radius 2 is 2.00 bits per heavy atom. The van der Waals surface area contributed by atoms with E-state index >= 15 is 0 Å². The van der Waals surface area contributed by atoms with Crippen molar-refractivity contribution in [2.24, 2.45) is 11.1 Å². The van der Waals surface area contributed by atoms with Crippen LogP contribution in [0.3, 0.4) is 0 Å². The van der Waals surface area contributed by atoms with Crippen LogP contribution in [0.2, 0.25) is 0 Å². The zero-order valence-electron chi connectivity index (χ0n) is 11.8. The monoisotopic (exact) mass is 240 g/mol. The van der Waals surface area contributed by atoms with Gasteiger partial charge in [0.15, 0.2) is 0 Å². The van der Waals surface area contributed by atoms with Gasteiger partial charge in [-0.2, -0.15) is 0 Å². The highest BCUT2D eigenvalue weighted by Crippen LogP contribution is 2.28. The Labute approximate surface area is 106 Å². The van der Waals surface area contributed by atoms with Gasteiger partial charge in [-0.15, -0.1) is 0 Å². The van der Waals surface area contributed by atoms with Crippen molar-refractivity contribution >= 4 is 5.91 Å². The topological polar surface area (TPSA) is 46.3 Å². The molecule has 2 N–H and O–H groups in total. The van der Waals surface area contributed by atoms with Gasteiger partial charge < -0.3 is 10.6 Å². The van der Waals surface area contributed by atoms with Crippen LogP contribution in [-0.2, 0) is 4.79 Å². The summed E-state index contributed by atoms with van der Waals surface area (Å²) in [5.41, 5.74) is 6.27. The summed E-state index contributed by atoms with van der Waals surface area (Å²) in [6.45, 7) is 9.52. The SMILES string of the molecule is CCCN(C(=O)CC(N)CC(C)(C)C)C1CC1. The molecule has 0 radical (unpaired) electrons. The standard InChI is InChI=1S/C14H28N2O/c1-5-8-16(12-6-7-12)13(17)9-11(15)10-14(2,3)4/h11-12H,5-10,15H2,1-4H3. The van der Waals surface area contributed by atoms with Gasteiger partial charge in [0.1, 0.15) is 0 Å². The number of rotatable bonds is 6. The number of nitrogens with two attached hydrogens (primary N) is 1. The van der Waals surface area contributed by atoms with E-state index < -0.39 is 0 Å². The van der Waals surface area contributed by atoms with Crippen LogP contribution < -0.4 is 5.73 Å². The Morgan fingerprint density at radius 3 is 2.41 bits per heavy atom. The lowest BCUT2D eigenvalue weighted by atomic mass is 9.87. The van der Waals surface area contributed by atoms with E-state index in [1.807, 2.05) is 4.90 Å². The summed E-state index contributed by atoms with van der Waals surface area (Å²) in [6.07, 6.45) is 4.81. The van der Waals surface area contributed by atoms with E-state index in [2.05, 4.69) is 27.7 Å². The predicted molar refractivity (Wildman–Crippen MR) is 71.7 cm³/mol. The Hall–Kier alpha value is -0.570. The van der Waals surface area contributed by atoms with Crippen molar-refractivity contribution in [2.45, 2.75) is 71.9 Å². The molecule has 3 heteroatoms. The van der Waals surface area contributed by atoms with Crippen molar-refractivity contribution in [1.29, 1.82) is 0 Å². The van der Waals surface area contributed by atoms with Crippen molar-refractivity contribution in [3.63, 3.8) is 0 Å². The molecule has 1 unspecified atom stereocenters. The molecule has 0 spiro atoms. The van der Waals surface area contributed by atoms with Gasteiger partial charge in [-0.3, -0.25) is 4.79 Å². The summed E-state index contributed by atoms with van der Waals surface area (Å²) in [6, 6.07) is 0.518. The van der Waals surface area contributed by atoms with Gasteiger partial charge in [-0.1, -0.05) is 27.7 Å². The molecule has 0 bridgehead atoms. The molecule has 0 aromatic heterocycles. The number of hydrogen-bond donors (Lipinski definition) is 1. The molecule has 1 saturated carbocycles. The van der Waals surface area contributed by atoms with E-state index in [1.165, 1.54) is 12.8 Å². The van der Waals surface area contributed by atoms with Crippen molar-refractivity contribution in [2.75, 3.05) is 6.54 Å². The van der Waals surface area contributed by atoms with E-state index in [1.54, 1.807) is 0 Å². The normalized spacial score (nSPS) is 17.9.